The van der Waals surface area contributed by atoms with Gasteiger partial charge in [0.05, 0.1) is 5.52 Å². The molecule has 2 N–H and O–H groups in total. The molecule has 0 fully saturated rings. The lowest BCUT2D eigenvalue weighted by atomic mass is 10.1. The van der Waals surface area contributed by atoms with Crippen LogP contribution in [0.4, 0.5) is 4.79 Å². The molecule has 0 radical (unpaired) electrons. The third kappa shape index (κ3) is 4.62. The van der Waals surface area contributed by atoms with Crippen molar-refractivity contribution in [1.29, 1.82) is 0 Å². The van der Waals surface area contributed by atoms with Crippen molar-refractivity contribution in [2.45, 2.75) is 24.1 Å². The van der Waals surface area contributed by atoms with Crippen LogP contribution in [0.1, 0.15) is 23.6 Å². The van der Waals surface area contributed by atoms with E-state index < -0.39 is 17.2 Å². The molecular weight excluding hydrogens is 360 g/mol. The van der Waals surface area contributed by atoms with Gasteiger partial charge in [-0.25, -0.2) is 14.8 Å². The van der Waals surface area contributed by atoms with E-state index in [1.54, 1.807) is 6.92 Å². The molecule has 7 heteroatoms. The fraction of sp³-hybridized carbons (Fsp3) is 0.200. The highest BCUT2D eigenvalue weighted by molar-refractivity contribution is 8.00. The lowest BCUT2D eigenvalue weighted by Crippen LogP contribution is -2.41. The highest BCUT2D eigenvalue weighted by Crippen LogP contribution is 2.37. The van der Waals surface area contributed by atoms with Crippen LogP contribution in [0.25, 0.3) is 10.9 Å². The van der Waals surface area contributed by atoms with Gasteiger partial charge in [0.25, 0.3) is 0 Å². The number of fused-ring (bicyclic) bond motifs is 1. The van der Waals surface area contributed by atoms with E-state index in [1.807, 2.05) is 61.5 Å². The second kappa shape index (κ2) is 8.64. The number of benzene rings is 2. The maximum absolute atomic E-state index is 12.8. The molecule has 138 valence electrons. The first-order valence-electron chi connectivity index (χ1n) is 8.62. The number of nitrogens with one attached hydrogen (secondary N) is 2. The van der Waals surface area contributed by atoms with E-state index in [2.05, 4.69) is 20.6 Å². The molecule has 27 heavy (non-hydrogen) atoms. The minimum atomic E-state index is -0.619. The zero-order valence-electron chi connectivity index (χ0n) is 15.1. The number of thioether (sulfide) groups is 1. The summed E-state index contributed by atoms with van der Waals surface area (Å²) in [5.74, 6) is 0.240. The summed E-state index contributed by atoms with van der Waals surface area (Å²) in [6.07, 6.45) is 0. The van der Waals surface area contributed by atoms with E-state index in [0.717, 1.165) is 16.5 Å². The van der Waals surface area contributed by atoms with Crippen molar-refractivity contribution in [2.24, 2.45) is 0 Å². The first-order chi connectivity index (χ1) is 13.1. The first-order valence-corrected chi connectivity index (χ1v) is 9.50. The van der Waals surface area contributed by atoms with Crippen LogP contribution >= 0.6 is 11.8 Å². The molecule has 0 bridgehead atoms. The van der Waals surface area contributed by atoms with Crippen molar-refractivity contribution in [2.75, 3.05) is 6.54 Å². The second-order valence-corrected chi connectivity index (χ2v) is 6.94. The quantitative estimate of drug-likeness (QED) is 0.522. The predicted octanol–water partition coefficient (Wildman–Crippen LogP) is 3.62. The Morgan fingerprint density at radius 1 is 1.04 bits per heavy atom. The highest BCUT2D eigenvalue weighted by Gasteiger charge is 2.25. The van der Waals surface area contributed by atoms with Gasteiger partial charge in [-0.1, -0.05) is 60.3 Å². The zero-order chi connectivity index (χ0) is 19.2. The normalized spacial score (nSPS) is 11.8. The molecule has 1 atom stereocenters. The minimum Gasteiger partial charge on any atom is -0.338 e. The molecular formula is C20H20N4O2S. The molecule has 3 amide bonds. The summed E-state index contributed by atoms with van der Waals surface area (Å²) in [6.45, 7) is 4.06. The predicted molar refractivity (Wildman–Crippen MR) is 107 cm³/mol. The van der Waals surface area contributed by atoms with E-state index >= 15 is 0 Å². The molecule has 0 saturated heterocycles. The van der Waals surface area contributed by atoms with E-state index in [0.29, 0.717) is 17.4 Å². The number of imide groups is 1. The smallest absolute Gasteiger partial charge is 0.321 e. The number of urea groups is 1. The molecule has 1 aromatic heterocycles. The lowest BCUT2D eigenvalue weighted by Gasteiger charge is -2.17. The van der Waals surface area contributed by atoms with Crippen molar-refractivity contribution in [1.82, 2.24) is 20.6 Å². The largest absolute Gasteiger partial charge is 0.338 e. The number of hydrogen-bond acceptors (Lipinski definition) is 5. The molecule has 1 heterocycles. The van der Waals surface area contributed by atoms with Gasteiger partial charge >= 0.3 is 6.03 Å². The maximum atomic E-state index is 12.8. The van der Waals surface area contributed by atoms with Crippen molar-refractivity contribution < 1.29 is 9.59 Å². The van der Waals surface area contributed by atoms with Gasteiger partial charge in [-0.15, -0.1) is 0 Å². The van der Waals surface area contributed by atoms with Crippen LogP contribution in [0, 0.1) is 6.92 Å². The average Bonchev–Trinajstić information content (AvgIpc) is 2.66. The highest BCUT2D eigenvalue weighted by atomic mass is 32.2. The van der Waals surface area contributed by atoms with Gasteiger partial charge in [0.15, 0.2) is 0 Å². The van der Waals surface area contributed by atoms with Gasteiger partial charge in [0.1, 0.15) is 16.1 Å². The van der Waals surface area contributed by atoms with Crippen LogP contribution in [0.3, 0.4) is 0 Å². The van der Waals surface area contributed by atoms with Gasteiger partial charge < -0.3 is 5.32 Å². The van der Waals surface area contributed by atoms with Gasteiger partial charge in [0, 0.05) is 11.9 Å². The fourth-order valence-corrected chi connectivity index (χ4v) is 3.81. The van der Waals surface area contributed by atoms with Gasteiger partial charge in [-0.3, -0.25) is 10.1 Å². The summed E-state index contributed by atoms with van der Waals surface area (Å²) in [5.41, 5.74) is 1.62. The number of amides is 3. The van der Waals surface area contributed by atoms with Crippen LogP contribution in [0.15, 0.2) is 59.6 Å². The Balaban J connectivity index is 1.97. The summed E-state index contributed by atoms with van der Waals surface area (Å²) in [7, 11) is 0. The van der Waals surface area contributed by atoms with Crippen molar-refractivity contribution in [3.8, 4) is 0 Å². The molecule has 0 aliphatic rings. The number of carbonyl (C=O) groups excluding carboxylic acids is 2. The van der Waals surface area contributed by atoms with Crippen molar-refractivity contribution in [3.63, 3.8) is 0 Å². The van der Waals surface area contributed by atoms with E-state index in [-0.39, 0.29) is 0 Å². The molecule has 0 saturated carbocycles. The average molecular weight is 380 g/mol. The summed E-state index contributed by atoms with van der Waals surface area (Å²) < 4.78 is 0. The Labute approximate surface area is 161 Å². The number of aromatic nitrogens is 2. The monoisotopic (exact) mass is 380 g/mol. The maximum Gasteiger partial charge on any atom is 0.321 e. The number of para-hydroxylation sites is 1. The third-order valence-corrected chi connectivity index (χ3v) is 5.08. The van der Waals surface area contributed by atoms with E-state index in [9.17, 15) is 9.59 Å². The number of nitrogens with zero attached hydrogens (tertiary/aromatic N) is 2. The van der Waals surface area contributed by atoms with Gasteiger partial charge in [-0.2, -0.15) is 0 Å². The molecule has 0 aliphatic carbocycles. The Hall–Kier alpha value is -2.93. The van der Waals surface area contributed by atoms with Crippen LogP contribution in [-0.2, 0) is 4.79 Å². The lowest BCUT2D eigenvalue weighted by molar-refractivity contribution is -0.119. The minimum absolute atomic E-state index is 0.391. The Morgan fingerprint density at radius 2 is 1.74 bits per heavy atom. The number of rotatable bonds is 5. The second-order valence-electron chi connectivity index (χ2n) is 5.85. The number of aryl methyl sites for hydroxylation is 1. The molecule has 0 unspecified atom stereocenters. The van der Waals surface area contributed by atoms with Crippen LogP contribution in [0.5, 0.6) is 0 Å². The van der Waals surface area contributed by atoms with E-state index in [1.165, 1.54) is 11.8 Å². The zero-order valence-corrected chi connectivity index (χ0v) is 15.9. The Bertz CT molecular complexity index is 963. The van der Waals surface area contributed by atoms with Gasteiger partial charge in [0.2, 0.25) is 5.91 Å². The number of hydrogen-bond donors (Lipinski definition) is 2. The molecule has 6 nitrogen and oxygen atoms in total. The van der Waals surface area contributed by atoms with Crippen LogP contribution < -0.4 is 10.6 Å². The van der Waals surface area contributed by atoms with Crippen molar-refractivity contribution >= 4 is 34.6 Å². The topological polar surface area (TPSA) is 84.0 Å². The molecule has 0 aliphatic heterocycles. The van der Waals surface area contributed by atoms with Gasteiger partial charge in [-0.05, 0) is 25.5 Å². The standard InChI is InChI=1S/C20H20N4O2S/c1-3-21-20(26)24-18(25)17(14-9-5-4-6-10-14)27-19-15-11-7-8-12-16(15)22-13(2)23-19/h4-12,17H,3H2,1-2H3,(H2,21,24,25,26)/t17-/m0/s1. The van der Waals surface area contributed by atoms with Crippen LogP contribution in [0.2, 0.25) is 0 Å². The SMILES string of the molecule is CCNC(=O)NC(=O)[C@@H](Sc1nc(C)nc2ccccc12)c1ccccc1. The number of carbonyl (C=O) groups is 2. The fourth-order valence-electron chi connectivity index (χ4n) is 2.64. The van der Waals surface area contributed by atoms with Crippen molar-refractivity contribution in [3.05, 3.63) is 66.0 Å². The molecule has 0 spiro atoms. The summed E-state index contributed by atoms with van der Waals surface area (Å²) in [6, 6.07) is 16.5. The summed E-state index contributed by atoms with van der Waals surface area (Å²) >= 11 is 1.31. The Kier molecular flexibility index (Phi) is 6.03. The summed E-state index contributed by atoms with van der Waals surface area (Å²) in [5, 5.41) is 5.95. The first kappa shape index (κ1) is 18.8. The molecule has 3 rings (SSSR count). The Morgan fingerprint density at radius 3 is 2.48 bits per heavy atom. The van der Waals surface area contributed by atoms with E-state index in [4.69, 9.17) is 0 Å². The molecule has 3 aromatic rings. The van der Waals surface area contributed by atoms with Crippen LogP contribution in [-0.4, -0.2) is 28.5 Å². The summed E-state index contributed by atoms with van der Waals surface area (Å²) in [4.78, 5) is 33.6. The third-order valence-electron chi connectivity index (χ3n) is 3.82. The molecule has 2 aromatic carbocycles.